The molecule has 0 aliphatic rings. The first-order chi connectivity index (χ1) is 11.4. The Morgan fingerprint density at radius 1 is 0.958 bits per heavy atom. The van der Waals surface area contributed by atoms with Crippen LogP contribution in [-0.2, 0) is 12.7 Å². The average molecular weight is 337 g/mol. The van der Waals surface area contributed by atoms with Crippen LogP contribution in [0.15, 0.2) is 54.6 Å². The smallest absolute Gasteiger partial charge is 0.416 e. The first kappa shape index (κ1) is 18.3. The largest absolute Gasteiger partial charge is 0.494 e. The third kappa shape index (κ3) is 6.24. The second-order valence-corrected chi connectivity index (χ2v) is 5.80. The molecule has 0 fully saturated rings. The second-order valence-electron chi connectivity index (χ2n) is 5.80. The van der Waals surface area contributed by atoms with Gasteiger partial charge in [0.15, 0.2) is 0 Å². The molecule has 0 spiro atoms. The van der Waals surface area contributed by atoms with Gasteiger partial charge >= 0.3 is 6.18 Å². The van der Waals surface area contributed by atoms with E-state index >= 15 is 0 Å². The molecule has 2 aromatic rings. The van der Waals surface area contributed by atoms with Crippen molar-refractivity contribution >= 4 is 0 Å². The molecule has 0 unspecified atom stereocenters. The average Bonchev–Trinajstić information content (AvgIpc) is 2.55. The van der Waals surface area contributed by atoms with Gasteiger partial charge in [0.05, 0.1) is 12.2 Å². The van der Waals surface area contributed by atoms with Crippen LogP contribution in [0.2, 0.25) is 0 Å². The highest BCUT2D eigenvalue weighted by atomic mass is 19.4. The van der Waals surface area contributed by atoms with Crippen molar-refractivity contribution in [1.82, 2.24) is 4.90 Å². The van der Waals surface area contributed by atoms with Crippen molar-refractivity contribution in [3.63, 3.8) is 0 Å². The summed E-state index contributed by atoms with van der Waals surface area (Å²) in [6, 6.07) is 15.2. The zero-order chi connectivity index (χ0) is 17.4. The van der Waals surface area contributed by atoms with Gasteiger partial charge in [0, 0.05) is 6.54 Å². The lowest BCUT2D eigenvalue weighted by Gasteiger charge is -2.16. The molecule has 2 rings (SSSR count). The first-order valence-corrected chi connectivity index (χ1v) is 7.98. The number of nitrogens with zero attached hydrogens (tertiary/aromatic N) is 1. The Bertz CT molecular complexity index is 614. The summed E-state index contributed by atoms with van der Waals surface area (Å²) in [5, 5.41) is 0. The molecule has 2 nitrogen and oxygen atoms in total. The quantitative estimate of drug-likeness (QED) is 0.629. The summed E-state index contributed by atoms with van der Waals surface area (Å²) in [5.74, 6) is 0.266. The van der Waals surface area contributed by atoms with Crippen molar-refractivity contribution in [3.8, 4) is 5.75 Å². The molecule has 0 radical (unpaired) electrons. The van der Waals surface area contributed by atoms with E-state index < -0.39 is 11.7 Å². The molecule has 0 atom stereocenters. The summed E-state index contributed by atoms with van der Waals surface area (Å²) in [5.41, 5.74) is 0.586. The summed E-state index contributed by atoms with van der Waals surface area (Å²) < 4.78 is 43.3. The Balaban J connectivity index is 1.66. The molecular formula is C19H22F3NO. The number of rotatable bonds is 8. The topological polar surface area (TPSA) is 12.5 Å². The van der Waals surface area contributed by atoms with Crippen molar-refractivity contribution < 1.29 is 17.9 Å². The lowest BCUT2D eigenvalue weighted by molar-refractivity contribution is -0.137. The maximum Gasteiger partial charge on any atom is 0.416 e. The monoisotopic (exact) mass is 337 g/mol. The second kappa shape index (κ2) is 8.73. The van der Waals surface area contributed by atoms with Crippen LogP contribution in [0.3, 0.4) is 0 Å². The number of ether oxygens (including phenoxy) is 1. The van der Waals surface area contributed by atoms with E-state index in [9.17, 15) is 13.2 Å². The van der Waals surface area contributed by atoms with Crippen LogP contribution in [0.25, 0.3) is 0 Å². The molecule has 2 aromatic carbocycles. The van der Waals surface area contributed by atoms with E-state index in [1.165, 1.54) is 11.6 Å². The fourth-order valence-electron chi connectivity index (χ4n) is 2.41. The molecule has 0 aromatic heterocycles. The van der Waals surface area contributed by atoms with Gasteiger partial charge in [-0.15, -0.1) is 0 Å². The molecule has 0 amide bonds. The lowest BCUT2D eigenvalue weighted by Crippen LogP contribution is -2.19. The molecule has 0 bridgehead atoms. The van der Waals surface area contributed by atoms with Gasteiger partial charge in [-0.05, 0) is 50.2 Å². The third-order valence-electron chi connectivity index (χ3n) is 3.66. The van der Waals surface area contributed by atoms with E-state index in [-0.39, 0.29) is 5.75 Å². The Labute approximate surface area is 140 Å². The van der Waals surface area contributed by atoms with Gasteiger partial charge in [-0.25, -0.2) is 0 Å². The Morgan fingerprint density at radius 2 is 1.71 bits per heavy atom. The van der Waals surface area contributed by atoms with Gasteiger partial charge in [-0.1, -0.05) is 36.4 Å². The number of halogens is 3. The van der Waals surface area contributed by atoms with Gasteiger partial charge in [0.1, 0.15) is 5.75 Å². The SMILES string of the molecule is CN(CCCCOc1cccc(C(F)(F)F)c1)Cc1ccccc1. The van der Waals surface area contributed by atoms with Crippen LogP contribution in [0.5, 0.6) is 5.75 Å². The molecule has 0 aliphatic heterocycles. The maximum absolute atomic E-state index is 12.6. The molecule has 0 saturated heterocycles. The van der Waals surface area contributed by atoms with E-state index in [2.05, 4.69) is 24.1 Å². The van der Waals surface area contributed by atoms with Crippen LogP contribution in [0.4, 0.5) is 13.2 Å². The van der Waals surface area contributed by atoms with Crippen molar-refractivity contribution in [2.45, 2.75) is 25.6 Å². The Morgan fingerprint density at radius 3 is 2.42 bits per heavy atom. The molecule has 24 heavy (non-hydrogen) atoms. The van der Waals surface area contributed by atoms with E-state index in [0.717, 1.165) is 38.1 Å². The summed E-state index contributed by atoms with van der Waals surface area (Å²) >= 11 is 0. The number of unbranched alkanes of at least 4 members (excludes halogenated alkanes) is 1. The number of hydrogen-bond acceptors (Lipinski definition) is 2. The van der Waals surface area contributed by atoms with Crippen molar-refractivity contribution in [2.75, 3.05) is 20.2 Å². The summed E-state index contributed by atoms with van der Waals surface area (Å²) in [6.07, 6.45) is -2.60. The van der Waals surface area contributed by atoms with Crippen LogP contribution >= 0.6 is 0 Å². The van der Waals surface area contributed by atoms with E-state index in [1.807, 2.05) is 18.2 Å². The lowest BCUT2D eigenvalue weighted by atomic mass is 10.2. The Kier molecular flexibility index (Phi) is 6.67. The molecule has 0 saturated carbocycles. The molecular weight excluding hydrogens is 315 g/mol. The minimum Gasteiger partial charge on any atom is -0.494 e. The first-order valence-electron chi connectivity index (χ1n) is 7.98. The van der Waals surface area contributed by atoms with Gasteiger partial charge < -0.3 is 9.64 Å². The van der Waals surface area contributed by atoms with Crippen molar-refractivity contribution in [1.29, 1.82) is 0 Å². The number of benzene rings is 2. The summed E-state index contributed by atoms with van der Waals surface area (Å²) in [7, 11) is 2.06. The number of alkyl halides is 3. The van der Waals surface area contributed by atoms with Crippen LogP contribution in [0.1, 0.15) is 24.0 Å². The standard InChI is InChI=1S/C19H22F3NO/c1-23(15-16-8-3-2-4-9-16)12-5-6-13-24-18-11-7-10-17(14-18)19(20,21)22/h2-4,7-11,14H,5-6,12-13,15H2,1H3. The normalized spacial score (nSPS) is 11.7. The highest BCUT2D eigenvalue weighted by molar-refractivity contribution is 5.30. The molecule has 5 heteroatoms. The highest BCUT2D eigenvalue weighted by Gasteiger charge is 2.30. The van der Waals surface area contributed by atoms with Gasteiger partial charge in [-0.3, -0.25) is 0 Å². The Hall–Kier alpha value is -2.01. The molecule has 0 heterocycles. The predicted octanol–water partition coefficient (Wildman–Crippen LogP) is 5.00. The maximum atomic E-state index is 12.6. The van der Waals surface area contributed by atoms with Crippen LogP contribution < -0.4 is 4.74 Å². The van der Waals surface area contributed by atoms with Crippen molar-refractivity contribution in [3.05, 3.63) is 65.7 Å². The van der Waals surface area contributed by atoms with E-state index in [1.54, 1.807) is 6.07 Å². The predicted molar refractivity (Wildman–Crippen MR) is 88.9 cm³/mol. The van der Waals surface area contributed by atoms with E-state index in [4.69, 9.17) is 4.74 Å². The minimum absolute atomic E-state index is 0.266. The van der Waals surface area contributed by atoms with E-state index in [0.29, 0.717) is 6.61 Å². The van der Waals surface area contributed by atoms with Crippen molar-refractivity contribution in [2.24, 2.45) is 0 Å². The zero-order valence-electron chi connectivity index (χ0n) is 13.7. The summed E-state index contributed by atoms with van der Waals surface area (Å²) in [4.78, 5) is 2.22. The zero-order valence-corrected chi connectivity index (χ0v) is 13.7. The highest BCUT2D eigenvalue weighted by Crippen LogP contribution is 2.31. The third-order valence-corrected chi connectivity index (χ3v) is 3.66. The number of hydrogen-bond donors (Lipinski definition) is 0. The molecule has 130 valence electrons. The molecule has 0 N–H and O–H groups in total. The summed E-state index contributed by atoms with van der Waals surface area (Å²) in [6.45, 7) is 2.22. The fraction of sp³-hybridized carbons (Fsp3) is 0.368. The van der Waals surface area contributed by atoms with Crippen LogP contribution in [0, 0.1) is 0 Å². The van der Waals surface area contributed by atoms with Gasteiger partial charge in [0.25, 0.3) is 0 Å². The van der Waals surface area contributed by atoms with Gasteiger partial charge in [0.2, 0.25) is 0 Å². The molecule has 0 aliphatic carbocycles. The fourth-order valence-corrected chi connectivity index (χ4v) is 2.41. The minimum atomic E-state index is -4.33. The van der Waals surface area contributed by atoms with Gasteiger partial charge in [-0.2, -0.15) is 13.2 Å². The van der Waals surface area contributed by atoms with Crippen LogP contribution in [-0.4, -0.2) is 25.1 Å².